The van der Waals surface area contributed by atoms with Crippen LogP contribution >= 0.6 is 0 Å². The number of carbonyl (C=O) groups excluding carboxylic acids is 2. The number of nitrogens with one attached hydrogen (secondary N) is 1. The zero-order valence-corrected chi connectivity index (χ0v) is 23.3. The third-order valence-corrected chi connectivity index (χ3v) is 6.69. The standard InChI is InChI=1S/C29H55NO6/c1-3-18-26(2)19-16-14-12-10-8-6-4-5-7-9-11-13-15-17-20-29(34)36-24-27(23-35-25-31)30-22-21-28(32)33/h25-27,30H,3-24H2,1-2H3,(H,32,33). The van der Waals surface area contributed by atoms with Crippen LogP contribution < -0.4 is 5.32 Å². The molecule has 2 N–H and O–H groups in total. The maximum atomic E-state index is 11.9. The summed E-state index contributed by atoms with van der Waals surface area (Å²) in [5.41, 5.74) is 0. The van der Waals surface area contributed by atoms with Crippen LogP contribution in [-0.2, 0) is 23.9 Å². The van der Waals surface area contributed by atoms with Gasteiger partial charge in [-0.15, -0.1) is 0 Å². The Kier molecular flexibility index (Phi) is 25.2. The van der Waals surface area contributed by atoms with Crippen LogP contribution in [0.2, 0.25) is 0 Å². The summed E-state index contributed by atoms with van der Waals surface area (Å²) in [4.78, 5) is 32.9. The molecule has 0 heterocycles. The molecule has 212 valence electrons. The molecule has 2 unspecified atom stereocenters. The number of rotatable bonds is 28. The van der Waals surface area contributed by atoms with E-state index in [1.165, 1.54) is 89.9 Å². The zero-order chi connectivity index (χ0) is 26.7. The molecule has 0 saturated carbocycles. The lowest BCUT2D eigenvalue weighted by molar-refractivity contribution is -0.145. The highest BCUT2D eigenvalue weighted by Gasteiger charge is 2.13. The van der Waals surface area contributed by atoms with Crippen LogP contribution in [0.15, 0.2) is 0 Å². The average molecular weight is 514 g/mol. The maximum Gasteiger partial charge on any atom is 0.305 e. The van der Waals surface area contributed by atoms with Gasteiger partial charge in [-0.2, -0.15) is 0 Å². The summed E-state index contributed by atoms with van der Waals surface area (Å²) in [6.45, 7) is 5.31. The second kappa shape index (κ2) is 26.4. The van der Waals surface area contributed by atoms with Crippen molar-refractivity contribution in [3.8, 4) is 0 Å². The molecule has 36 heavy (non-hydrogen) atoms. The quantitative estimate of drug-likeness (QED) is 0.0672. The molecule has 0 amide bonds. The number of carboxylic acid groups (broad SMARTS) is 1. The van der Waals surface area contributed by atoms with Gasteiger partial charge in [0, 0.05) is 13.0 Å². The van der Waals surface area contributed by atoms with Gasteiger partial charge in [-0.1, -0.05) is 117 Å². The Bertz CT molecular complexity index is 528. The fourth-order valence-electron chi connectivity index (χ4n) is 4.49. The molecule has 2 atom stereocenters. The van der Waals surface area contributed by atoms with Crippen LogP contribution in [0.25, 0.3) is 0 Å². The monoisotopic (exact) mass is 513 g/mol. The van der Waals surface area contributed by atoms with Crippen LogP contribution in [0.3, 0.4) is 0 Å². The highest BCUT2D eigenvalue weighted by atomic mass is 16.5. The zero-order valence-electron chi connectivity index (χ0n) is 23.3. The Hall–Kier alpha value is -1.63. The van der Waals surface area contributed by atoms with Gasteiger partial charge in [0.25, 0.3) is 6.47 Å². The number of hydrogen-bond acceptors (Lipinski definition) is 6. The van der Waals surface area contributed by atoms with Gasteiger partial charge in [0.2, 0.25) is 0 Å². The summed E-state index contributed by atoms with van der Waals surface area (Å²) in [5, 5.41) is 11.6. The molecule has 0 aliphatic heterocycles. The molecule has 0 aliphatic carbocycles. The first-order valence-electron chi connectivity index (χ1n) is 14.7. The highest BCUT2D eigenvalue weighted by Crippen LogP contribution is 2.17. The minimum Gasteiger partial charge on any atom is -0.481 e. The molecule has 0 aliphatic rings. The lowest BCUT2D eigenvalue weighted by Crippen LogP contribution is -2.39. The van der Waals surface area contributed by atoms with E-state index in [9.17, 15) is 14.4 Å². The van der Waals surface area contributed by atoms with Crippen molar-refractivity contribution in [2.45, 2.75) is 142 Å². The Morgan fingerprint density at radius 1 is 0.778 bits per heavy atom. The number of hydrogen-bond donors (Lipinski definition) is 2. The Morgan fingerprint density at radius 2 is 1.31 bits per heavy atom. The summed E-state index contributed by atoms with van der Waals surface area (Å²) in [6, 6.07) is -0.400. The van der Waals surface area contributed by atoms with Crippen LogP contribution in [0.1, 0.15) is 136 Å². The van der Waals surface area contributed by atoms with E-state index in [2.05, 4.69) is 19.2 Å². The van der Waals surface area contributed by atoms with Crippen molar-refractivity contribution in [3.05, 3.63) is 0 Å². The third kappa shape index (κ3) is 25.5. The topological polar surface area (TPSA) is 102 Å². The molecule has 0 bridgehead atoms. The van der Waals surface area contributed by atoms with Crippen molar-refractivity contribution >= 4 is 18.4 Å². The van der Waals surface area contributed by atoms with Gasteiger partial charge < -0.3 is 19.9 Å². The molecule has 0 aromatic rings. The van der Waals surface area contributed by atoms with E-state index < -0.39 is 12.0 Å². The summed E-state index contributed by atoms with van der Waals surface area (Å²) < 4.78 is 9.96. The predicted molar refractivity (Wildman–Crippen MR) is 145 cm³/mol. The fraction of sp³-hybridized carbons (Fsp3) is 0.897. The van der Waals surface area contributed by atoms with Crippen molar-refractivity contribution in [1.82, 2.24) is 5.32 Å². The average Bonchev–Trinajstić information content (AvgIpc) is 2.85. The van der Waals surface area contributed by atoms with Crippen molar-refractivity contribution in [2.24, 2.45) is 5.92 Å². The van der Waals surface area contributed by atoms with Crippen molar-refractivity contribution < 1.29 is 29.0 Å². The maximum absolute atomic E-state index is 11.9. The number of aliphatic carboxylic acids is 1. The molecular weight excluding hydrogens is 458 g/mol. The van der Waals surface area contributed by atoms with Crippen LogP contribution in [0.4, 0.5) is 0 Å². The number of esters is 1. The van der Waals surface area contributed by atoms with Gasteiger partial charge in [-0.05, 0) is 12.3 Å². The van der Waals surface area contributed by atoms with Crippen LogP contribution in [0, 0.1) is 5.92 Å². The summed E-state index contributed by atoms with van der Waals surface area (Å²) in [7, 11) is 0. The molecule has 0 fully saturated rings. The fourth-order valence-corrected chi connectivity index (χ4v) is 4.49. The van der Waals surface area contributed by atoms with Gasteiger partial charge in [0.15, 0.2) is 0 Å². The molecule has 0 radical (unpaired) electrons. The molecule has 0 aromatic heterocycles. The lowest BCUT2D eigenvalue weighted by atomic mass is 9.98. The SMILES string of the molecule is CCCC(C)CCCCCCCCCCCCCCCCC(=O)OCC(COC=O)NCCC(=O)O. The molecular formula is C29H55NO6. The highest BCUT2D eigenvalue weighted by molar-refractivity contribution is 5.69. The number of carboxylic acids is 1. The number of ether oxygens (including phenoxy) is 2. The Balaban J connectivity index is 3.47. The van der Waals surface area contributed by atoms with E-state index in [1.807, 2.05) is 0 Å². The first-order chi connectivity index (χ1) is 17.5. The van der Waals surface area contributed by atoms with E-state index in [1.54, 1.807) is 0 Å². The Labute approximate surface area is 220 Å². The Morgan fingerprint density at radius 3 is 1.81 bits per heavy atom. The minimum absolute atomic E-state index is 0.0367. The normalized spacial score (nSPS) is 12.7. The van der Waals surface area contributed by atoms with Gasteiger partial charge in [0.05, 0.1) is 12.5 Å². The third-order valence-electron chi connectivity index (χ3n) is 6.69. The van der Waals surface area contributed by atoms with Gasteiger partial charge in [0.1, 0.15) is 13.2 Å². The second-order valence-electron chi connectivity index (χ2n) is 10.3. The summed E-state index contributed by atoms with van der Waals surface area (Å²) in [6.07, 6.45) is 22.4. The van der Waals surface area contributed by atoms with E-state index in [0.29, 0.717) is 12.9 Å². The molecule has 7 heteroatoms. The first-order valence-corrected chi connectivity index (χ1v) is 14.7. The molecule has 0 rings (SSSR count). The number of carbonyl (C=O) groups is 3. The predicted octanol–water partition coefficient (Wildman–Crippen LogP) is 6.81. The van der Waals surface area contributed by atoms with Crippen LogP contribution in [0.5, 0.6) is 0 Å². The van der Waals surface area contributed by atoms with Gasteiger partial charge in [-0.25, -0.2) is 0 Å². The lowest BCUT2D eigenvalue weighted by Gasteiger charge is -2.17. The summed E-state index contributed by atoms with van der Waals surface area (Å²) >= 11 is 0. The second-order valence-corrected chi connectivity index (χ2v) is 10.3. The molecule has 0 aromatic carbocycles. The van der Waals surface area contributed by atoms with E-state index >= 15 is 0 Å². The van der Waals surface area contributed by atoms with Gasteiger partial charge >= 0.3 is 11.9 Å². The van der Waals surface area contributed by atoms with Gasteiger partial charge in [-0.3, -0.25) is 14.4 Å². The van der Waals surface area contributed by atoms with Crippen molar-refractivity contribution in [1.29, 1.82) is 0 Å². The summed E-state index contributed by atoms with van der Waals surface area (Å²) in [5.74, 6) is -0.274. The largest absolute Gasteiger partial charge is 0.481 e. The smallest absolute Gasteiger partial charge is 0.305 e. The minimum atomic E-state index is -0.918. The molecule has 0 spiro atoms. The van der Waals surface area contributed by atoms with E-state index in [-0.39, 0.29) is 32.1 Å². The van der Waals surface area contributed by atoms with Crippen molar-refractivity contribution in [2.75, 3.05) is 19.8 Å². The first kappa shape index (κ1) is 34.4. The van der Waals surface area contributed by atoms with E-state index in [0.717, 1.165) is 25.2 Å². The molecule has 7 nitrogen and oxygen atoms in total. The number of unbranched alkanes of at least 4 members (excludes halogenated alkanes) is 13. The molecule has 0 saturated heterocycles. The van der Waals surface area contributed by atoms with Crippen molar-refractivity contribution in [3.63, 3.8) is 0 Å². The van der Waals surface area contributed by atoms with Crippen LogP contribution in [-0.4, -0.2) is 49.3 Å². The van der Waals surface area contributed by atoms with E-state index in [4.69, 9.17) is 14.6 Å².